The van der Waals surface area contributed by atoms with Crippen LogP contribution >= 0.6 is 0 Å². The molecule has 0 radical (unpaired) electrons. The number of para-hydroxylation sites is 1. The van der Waals surface area contributed by atoms with Gasteiger partial charge < -0.3 is 9.67 Å². The molecule has 0 aliphatic heterocycles. The largest absolute Gasteiger partial charge is 0.481 e. The Labute approximate surface area is 106 Å². The topological polar surface area (TPSA) is 55.1 Å². The second kappa shape index (κ2) is 4.12. The molecule has 2 rings (SSSR count). The van der Waals surface area contributed by atoms with Crippen LogP contribution in [0.2, 0.25) is 0 Å². The van der Waals surface area contributed by atoms with Crippen molar-refractivity contribution in [2.75, 3.05) is 0 Å². The van der Waals surface area contributed by atoms with Gasteiger partial charge in [-0.1, -0.05) is 26.0 Å². The molecule has 0 aliphatic carbocycles. The van der Waals surface area contributed by atoms with Crippen LogP contribution in [-0.2, 0) is 17.3 Å². The predicted molar refractivity (Wildman–Crippen MR) is 70.7 cm³/mol. The molecule has 4 nitrogen and oxygen atoms in total. The Morgan fingerprint density at radius 3 is 2.72 bits per heavy atom. The van der Waals surface area contributed by atoms with Crippen LogP contribution < -0.4 is 0 Å². The molecule has 0 saturated carbocycles. The van der Waals surface area contributed by atoms with Crippen LogP contribution in [0, 0.1) is 6.92 Å². The Balaban J connectivity index is 2.64. The van der Waals surface area contributed by atoms with Crippen molar-refractivity contribution in [1.82, 2.24) is 9.55 Å². The van der Waals surface area contributed by atoms with Gasteiger partial charge in [-0.3, -0.25) is 4.79 Å². The molecule has 0 bridgehead atoms. The fourth-order valence-corrected chi connectivity index (χ4v) is 2.35. The first-order valence-electron chi connectivity index (χ1n) is 5.97. The van der Waals surface area contributed by atoms with Crippen molar-refractivity contribution in [2.45, 2.75) is 32.6 Å². The Kier molecular flexibility index (Phi) is 2.89. The minimum atomic E-state index is -0.787. The lowest BCUT2D eigenvalue weighted by molar-refractivity contribution is -0.138. The molecule has 0 aliphatic rings. The Hall–Kier alpha value is -1.84. The number of aryl methyl sites for hydroxylation is 2. The first-order chi connectivity index (χ1) is 8.33. The second-order valence-electron chi connectivity index (χ2n) is 5.35. The number of hydrogen-bond acceptors (Lipinski definition) is 2. The van der Waals surface area contributed by atoms with E-state index in [1.165, 1.54) is 0 Å². The van der Waals surface area contributed by atoms with Crippen LogP contribution in [0.15, 0.2) is 18.2 Å². The first kappa shape index (κ1) is 12.6. The van der Waals surface area contributed by atoms with Crippen LogP contribution in [0.3, 0.4) is 0 Å². The van der Waals surface area contributed by atoms with Crippen molar-refractivity contribution in [2.24, 2.45) is 7.05 Å². The van der Waals surface area contributed by atoms with Crippen molar-refractivity contribution in [1.29, 1.82) is 0 Å². The summed E-state index contributed by atoms with van der Waals surface area (Å²) in [5, 5.41) is 9.02. The van der Waals surface area contributed by atoms with E-state index < -0.39 is 11.4 Å². The molecule has 0 saturated heterocycles. The number of fused-ring (bicyclic) bond motifs is 1. The number of hydrogen-bond donors (Lipinski definition) is 1. The van der Waals surface area contributed by atoms with E-state index in [2.05, 4.69) is 4.98 Å². The number of imidazole rings is 1. The van der Waals surface area contributed by atoms with E-state index in [1.54, 1.807) is 0 Å². The van der Waals surface area contributed by atoms with Gasteiger partial charge in [-0.15, -0.1) is 0 Å². The molecule has 0 atom stereocenters. The summed E-state index contributed by atoms with van der Waals surface area (Å²) in [6.45, 7) is 5.84. The highest BCUT2D eigenvalue weighted by Gasteiger charge is 2.27. The molecule has 1 N–H and O–H groups in total. The quantitative estimate of drug-likeness (QED) is 0.905. The second-order valence-corrected chi connectivity index (χ2v) is 5.35. The maximum absolute atomic E-state index is 11.0. The highest BCUT2D eigenvalue weighted by Crippen LogP contribution is 2.32. The molecule has 0 unspecified atom stereocenters. The zero-order valence-electron chi connectivity index (χ0n) is 11.2. The van der Waals surface area contributed by atoms with E-state index in [1.807, 2.05) is 50.6 Å². The van der Waals surface area contributed by atoms with Gasteiger partial charge in [0, 0.05) is 12.5 Å². The number of aromatic nitrogens is 2. The molecule has 18 heavy (non-hydrogen) atoms. The highest BCUT2D eigenvalue weighted by molar-refractivity contribution is 5.82. The monoisotopic (exact) mass is 246 g/mol. The number of benzene rings is 1. The summed E-state index contributed by atoms with van der Waals surface area (Å²) in [5.41, 5.74) is 2.52. The van der Waals surface area contributed by atoms with Gasteiger partial charge in [0.2, 0.25) is 0 Å². The molecule has 1 aromatic carbocycles. The van der Waals surface area contributed by atoms with Gasteiger partial charge in [0.25, 0.3) is 0 Å². The molecule has 0 spiro atoms. The number of carboxylic acid groups (broad SMARTS) is 1. The van der Waals surface area contributed by atoms with Crippen LogP contribution in [0.5, 0.6) is 0 Å². The normalized spacial score (nSPS) is 12.0. The smallest absolute Gasteiger partial charge is 0.304 e. The average molecular weight is 246 g/mol. The lowest BCUT2D eigenvalue weighted by Crippen LogP contribution is -2.22. The van der Waals surface area contributed by atoms with Gasteiger partial charge in [-0.2, -0.15) is 0 Å². The molecular weight excluding hydrogens is 228 g/mol. The third kappa shape index (κ3) is 1.98. The van der Waals surface area contributed by atoms with Gasteiger partial charge in [-0.05, 0) is 18.6 Å². The van der Waals surface area contributed by atoms with Gasteiger partial charge in [0.05, 0.1) is 17.5 Å². The van der Waals surface area contributed by atoms with E-state index >= 15 is 0 Å². The molecule has 1 heterocycles. The van der Waals surface area contributed by atoms with Gasteiger partial charge in [-0.25, -0.2) is 4.98 Å². The molecule has 1 aromatic heterocycles. The van der Waals surface area contributed by atoms with E-state index in [0.717, 1.165) is 22.4 Å². The fourth-order valence-electron chi connectivity index (χ4n) is 2.35. The van der Waals surface area contributed by atoms with E-state index in [9.17, 15) is 4.79 Å². The first-order valence-corrected chi connectivity index (χ1v) is 5.97. The number of nitrogens with zero attached hydrogens (tertiary/aromatic N) is 2. The number of aliphatic carboxylic acids is 1. The highest BCUT2D eigenvalue weighted by atomic mass is 16.4. The summed E-state index contributed by atoms with van der Waals surface area (Å²) in [6, 6.07) is 5.94. The summed E-state index contributed by atoms with van der Waals surface area (Å²) in [4.78, 5) is 15.5. The lowest BCUT2D eigenvalue weighted by atomic mass is 9.81. The SMILES string of the molecule is Cc1nc2c(C(C)(C)CC(=O)O)cccc2n1C. The number of carboxylic acids is 1. The molecule has 2 aromatic rings. The van der Waals surface area contributed by atoms with Crippen molar-refractivity contribution in [3.05, 3.63) is 29.6 Å². The zero-order valence-corrected chi connectivity index (χ0v) is 11.2. The van der Waals surface area contributed by atoms with Crippen LogP contribution in [0.25, 0.3) is 11.0 Å². The molecule has 96 valence electrons. The zero-order chi connectivity index (χ0) is 13.5. The summed E-state index contributed by atoms with van der Waals surface area (Å²) in [7, 11) is 1.97. The molecular formula is C14H18N2O2. The van der Waals surface area contributed by atoms with Crippen molar-refractivity contribution < 1.29 is 9.90 Å². The summed E-state index contributed by atoms with van der Waals surface area (Å²) < 4.78 is 2.02. The Morgan fingerprint density at radius 1 is 1.44 bits per heavy atom. The van der Waals surface area contributed by atoms with Gasteiger partial charge in [0.15, 0.2) is 0 Å². The van der Waals surface area contributed by atoms with E-state index in [0.29, 0.717) is 0 Å². The molecule has 0 amide bonds. The lowest BCUT2D eigenvalue weighted by Gasteiger charge is -2.23. The maximum atomic E-state index is 11.0. The Morgan fingerprint density at radius 2 is 2.11 bits per heavy atom. The third-order valence-electron chi connectivity index (χ3n) is 3.46. The molecule has 4 heteroatoms. The van der Waals surface area contributed by atoms with Gasteiger partial charge in [0.1, 0.15) is 5.82 Å². The van der Waals surface area contributed by atoms with Gasteiger partial charge >= 0.3 is 5.97 Å². The van der Waals surface area contributed by atoms with Crippen molar-refractivity contribution in [3.63, 3.8) is 0 Å². The van der Waals surface area contributed by atoms with Crippen LogP contribution in [0.4, 0.5) is 0 Å². The molecule has 0 fully saturated rings. The fraction of sp³-hybridized carbons (Fsp3) is 0.429. The van der Waals surface area contributed by atoms with Crippen molar-refractivity contribution >= 4 is 17.0 Å². The summed E-state index contributed by atoms with van der Waals surface area (Å²) >= 11 is 0. The standard InChI is InChI=1S/C14H18N2O2/c1-9-15-13-10(14(2,3)8-12(17)18)6-5-7-11(13)16(9)4/h5-7H,8H2,1-4H3,(H,17,18). The van der Waals surface area contributed by atoms with Crippen molar-refractivity contribution in [3.8, 4) is 0 Å². The minimum Gasteiger partial charge on any atom is -0.481 e. The number of carbonyl (C=O) groups is 1. The van der Waals surface area contributed by atoms with Crippen LogP contribution in [-0.4, -0.2) is 20.6 Å². The van der Waals surface area contributed by atoms with E-state index in [-0.39, 0.29) is 6.42 Å². The third-order valence-corrected chi connectivity index (χ3v) is 3.46. The average Bonchev–Trinajstić information content (AvgIpc) is 2.53. The summed E-state index contributed by atoms with van der Waals surface area (Å²) in [5.74, 6) is 0.147. The maximum Gasteiger partial charge on any atom is 0.304 e. The predicted octanol–water partition coefficient (Wildman–Crippen LogP) is 2.63. The minimum absolute atomic E-state index is 0.0989. The van der Waals surface area contributed by atoms with E-state index in [4.69, 9.17) is 5.11 Å². The Bertz CT molecular complexity index is 612. The summed E-state index contributed by atoms with van der Waals surface area (Å²) in [6.07, 6.45) is 0.0989. The van der Waals surface area contributed by atoms with Crippen LogP contribution in [0.1, 0.15) is 31.7 Å². The number of rotatable bonds is 3.